The number of fused-ring (bicyclic) bond motifs is 3. The third-order valence-electron chi connectivity index (χ3n) is 3.97. The van der Waals surface area contributed by atoms with Crippen molar-refractivity contribution in [3.8, 4) is 6.07 Å². The molecule has 0 atom stereocenters. The number of allylic oxidation sites excluding steroid dienone is 6. The molecule has 0 radical (unpaired) electrons. The Kier molecular flexibility index (Phi) is 4.22. The summed E-state index contributed by atoms with van der Waals surface area (Å²) in [7, 11) is 0. The molecule has 2 N–H and O–H groups in total. The van der Waals surface area contributed by atoms with E-state index in [1.54, 1.807) is 6.08 Å². The van der Waals surface area contributed by atoms with E-state index in [-0.39, 0.29) is 0 Å². The first-order valence-electron chi connectivity index (χ1n) is 7.58. The van der Waals surface area contributed by atoms with Gasteiger partial charge in [-0.2, -0.15) is 5.26 Å². The predicted molar refractivity (Wildman–Crippen MR) is 91.3 cm³/mol. The Balaban J connectivity index is 2.20. The lowest BCUT2D eigenvalue weighted by molar-refractivity contribution is 0.637. The molecule has 0 aliphatic carbocycles. The smallest absolute Gasteiger partial charge is 0.0912 e. The quantitative estimate of drug-likeness (QED) is 0.666. The van der Waals surface area contributed by atoms with Gasteiger partial charge in [0.05, 0.1) is 6.07 Å². The highest BCUT2D eigenvalue weighted by Crippen LogP contribution is 2.32. The molecule has 0 fully saturated rings. The van der Waals surface area contributed by atoms with Gasteiger partial charge in [-0.3, -0.25) is 0 Å². The van der Waals surface area contributed by atoms with Crippen molar-refractivity contribution in [2.75, 3.05) is 6.54 Å². The van der Waals surface area contributed by atoms with E-state index in [0.717, 1.165) is 25.1 Å². The minimum atomic E-state index is 0.903. The lowest BCUT2D eigenvalue weighted by atomic mass is 9.95. The van der Waals surface area contributed by atoms with E-state index in [0.29, 0.717) is 0 Å². The largest absolute Gasteiger partial charge is 0.357 e. The Morgan fingerprint density at radius 2 is 2.27 bits per heavy atom. The van der Waals surface area contributed by atoms with E-state index >= 15 is 0 Å². The van der Waals surface area contributed by atoms with E-state index in [1.807, 2.05) is 25.1 Å². The summed E-state index contributed by atoms with van der Waals surface area (Å²) in [5.41, 5.74) is 6.24. The van der Waals surface area contributed by atoms with Gasteiger partial charge < -0.3 is 10.3 Å². The number of hydrogen-bond acceptors (Lipinski definition) is 2. The van der Waals surface area contributed by atoms with Crippen molar-refractivity contribution in [3.63, 3.8) is 0 Å². The lowest BCUT2D eigenvalue weighted by Gasteiger charge is -2.14. The maximum Gasteiger partial charge on any atom is 0.0912 e. The molecule has 2 heterocycles. The predicted octanol–water partition coefficient (Wildman–Crippen LogP) is 3.85. The number of nitriles is 1. The number of nitrogens with one attached hydrogen (secondary N) is 2. The normalized spacial score (nSPS) is 15.5. The lowest BCUT2D eigenvalue weighted by Crippen LogP contribution is -2.23. The van der Waals surface area contributed by atoms with Gasteiger partial charge in [-0.1, -0.05) is 36.4 Å². The summed E-state index contributed by atoms with van der Waals surface area (Å²) in [4.78, 5) is 3.54. The summed E-state index contributed by atoms with van der Waals surface area (Å²) < 4.78 is 0. The van der Waals surface area contributed by atoms with E-state index in [1.165, 1.54) is 33.8 Å². The van der Waals surface area contributed by atoms with Crippen LogP contribution in [0.2, 0.25) is 0 Å². The van der Waals surface area contributed by atoms with Crippen LogP contribution in [0, 0.1) is 11.3 Å². The molecular weight excluding hydrogens is 270 g/mol. The van der Waals surface area contributed by atoms with Gasteiger partial charge in [0, 0.05) is 29.2 Å². The summed E-state index contributed by atoms with van der Waals surface area (Å²) in [6, 6.07) is 8.41. The Morgan fingerprint density at radius 3 is 3.09 bits per heavy atom. The molecule has 0 spiro atoms. The molecule has 0 saturated heterocycles. The average Bonchev–Trinajstić information content (AvgIpc) is 2.93. The molecule has 1 aromatic carbocycles. The van der Waals surface area contributed by atoms with Gasteiger partial charge in [0.15, 0.2) is 0 Å². The van der Waals surface area contributed by atoms with Crippen LogP contribution in [0.4, 0.5) is 0 Å². The second-order valence-electron chi connectivity index (χ2n) is 5.35. The maximum absolute atomic E-state index is 8.68. The first kappa shape index (κ1) is 14.4. The fraction of sp³-hybridized carbons (Fsp3) is 0.211. The van der Waals surface area contributed by atoms with E-state index in [9.17, 15) is 0 Å². The van der Waals surface area contributed by atoms with Crippen molar-refractivity contribution in [3.05, 3.63) is 65.4 Å². The fourth-order valence-electron chi connectivity index (χ4n) is 3.07. The highest BCUT2D eigenvalue weighted by Gasteiger charge is 2.17. The third-order valence-corrected chi connectivity index (χ3v) is 3.97. The number of H-pyrrole nitrogens is 1. The SMILES string of the molecule is C\C=C/C(=C\C=C\C#N)c1cccc2[nH]c3c(c12)CCNC3. The standard InChI is InChI=1S/C19H19N3/c1-2-6-14(7-3-4-11-20)15-8-5-9-17-19(15)16-10-12-21-13-18(16)22-17/h2-9,21-22H,10,12-13H2,1H3/b4-3+,6-2-,14-7+. The molecule has 0 bridgehead atoms. The molecule has 0 amide bonds. The molecule has 0 saturated carbocycles. The molecule has 22 heavy (non-hydrogen) atoms. The zero-order chi connectivity index (χ0) is 15.4. The van der Waals surface area contributed by atoms with Crippen LogP contribution in [0.1, 0.15) is 23.7 Å². The van der Waals surface area contributed by atoms with E-state index in [2.05, 4.69) is 34.6 Å². The van der Waals surface area contributed by atoms with Crippen molar-refractivity contribution in [1.29, 1.82) is 5.26 Å². The minimum Gasteiger partial charge on any atom is -0.357 e. The Morgan fingerprint density at radius 1 is 1.36 bits per heavy atom. The minimum absolute atomic E-state index is 0.903. The zero-order valence-corrected chi connectivity index (χ0v) is 12.7. The van der Waals surface area contributed by atoms with Crippen molar-refractivity contribution >= 4 is 16.5 Å². The summed E-state index contributed by atoms with van der Waals surface area (Å²) >= 11 is 0. The van der Waals surface area contributed by atoms with E-state index in [4.69, 9.17) is 5.26 Å². The van der Waals surface area contributed by atoms with Crippen LogP contribution in [0.15, 0.2) is 48.6 Å². The topological polar surface area (TPSA) is 51.6 Å². The number of aromatic nitrogens is 1. The summed E-state index contributed by atoms with van der Waals surface area (Å²) in [5.74, 6) is 0. The monoisotopic (exact) mass is 289 g/mol. The fourth-order valence-corrected chi connectivity index (χ4v) is 3.07. The van der Waals surface area contributed by atoms with Crippen LogP contribution in [0.5, 0.6) is 0 Å². The summed E-state index contributed by atoms with van der Waals surface area (Å²) in [6.45, 7) is 3.93. The number of aromatic amines is 1. The molecule has 1 aromatic heterocycles. The third kappa shape index (κ3) is 2.61. The summed E-state index contributed by atoms with van der Waals surface area (Å²) in [6.07, 6.45) is 10.5. The molecule has 2 aromatic rings. The van der Waals surface area contributed by atoms with Gasteiger partial charge in [-0.15, -0.1) is 0 Å². The van der Waals surface area contributed by atoms with Crippen molar-refractivity contribution in [2.24, 2.45) is 0 Å². The zero-order valence-electron chi connectivity index (χ0n) is 12.7. The van der Waals surface area contributed by atoms with Crippen LogP contribution in [-0.4, -0.2) is 11.5 Å². The van der Waals surface area contributed by atoms with Crippen LogP contribution in [-0.2, 0) is 13.0 Å². The second-order valence-corrected chi connectivity index (χ2v) is 5.35. The Labute approximate surface area is 130 Å². The highest BCUT2D eigenvalue weighted by molar-refractivity contribution is 5.98. The van der Waals surface area contributed by atoms with Gasteiger partial charge >= 0.3 is 0 Å². The van der Waals surface area contributed by atoms with Crippen molar-refractivity contribution in [1.82, 2.24) is 10.3 Å². The summed E-state index contributed by atoms with van der Waals surface area (Å²) in [5, 5.41) is 13.4. The second kappa shape index (κ2) is 6.46. The Hall–Kier alpha value is -2.57. The van der Waals surface area contributed by atoms with Crippen LogP contribution in [0.25, 0.3) is 16.5 Å². The van der Waals surface area contributed by atoms with Crippen molar-refractivity contribution < 1.29 is 0 Å². The van der Waals surface area contributed by atoms with Gasteiger partial charge in [0.2, 0.25) is 0 Å². The molecule has 1 aliphatic heterocycles. The number of hydrogen-bond donors (Lipinski definition) is 2. The van der Waals surface area contributed by atoms with Crippen LogP contribution in [0.3, 0.4) is 0 Å². The van der Waals surface area contributed by atoms with Gasteiger partial charge in [0.1, 0.15) is 0 Å². The van der Waals surface area contributed by atoms with Gasteiger partial charge in [-0.05, 0) is 42.7 Å². The molecular formula is C19H19N3. The molecule has 3 nitrogen and oxygen atoms in total. The van der Waals surface area contributed by atoms with Gasteiger partial charge in [0.25, 0.3) is 0 Å². The van der Waals surface area contributed by atoms with E-state index < -0.39 is 0 Å². The number of nitrogens with zero attached hydrogens (tertiary/aromatic N) is 1. The number of rotatable bonds is 3. The van der Waals surface area contributed by atoms with Crippen LogP contribution >= 0.6 is 0 Å². The first-order chi connectivity index (χ1) is 10.8. The molecule has 1 aliphatic rings. The molecule has 3 rings (SSSR count). The average molecular weight is 289 g/mol. The van der Waals surface area contributed by atoms with Crippen molar-refractivity contribution in [2.45, 2.75) is 19.9 Å². The molecule has 110 valence electrons. The molecule has 3 heteroatoms. The Bertz CT molecular complexity index is 813. The van der Waals surface area contributed by atoms with Crippen LogP contribution < -0.4 is 5.32 Å². The first-order valence-corrected chi connectivity index (χ1v) is 7.58. The maximum atomic E-state index is 8.68. The number of benzene rings is 1. The van der Waals surface area contributed by atoms with Gasteiger partial charge in [-0.25, -0.2) is 0 Å². The highest BCUT2D eigenvalue weighted by atomic mass is 14.9. The molecule has 0 unspecified atom stereocenters.